The Hall–Kier alpha value is -2.26. The van der Waals surface area contributed by atoms with Crippen molar-refractivity contribution in [3.63, 3.8) is 0 Å². The SMILES string of the molecule is CC(=O)NCCC#Cc1c(C)cccc1C#N. The van der Waals surface area contributed by atoms with E-state index in [0.717, 1.165) is 11.1 Å². The molecule has 0 aliphatic heterocycles. The van der Waals surface area contributed by atoms with Crippen molar-refractivity contribution >= 4 is 5.91 Å². The molecule has 0 atom stereocenters. The molecular weight excluding hydrogens is 212 g/mol. The summed E-state index contributed by atoms with van der Waals surface area (Å²) in [6, 6.07) is 7.65. The summed E-state index contributed by atoms with van der Waals surface area (Å²) in [6.07, 6.45) is 0.582. The van der Waals surface area contributed by atoms with Crippen LogP contribution in [0.1, 0.15) is 30.0 Å². The van der Waals surface area contributed by atoms with Crippen molar-refractivity contribution in [2.45, 2.75) is 20.3 Å². The van der Waals surface area contributed by atoms with E-state index in [4.69, 9.17) is 5.26 Å². The number of nitrogens with one attached hydrogen (secondary N) is 1. The summed E-state index contributed by atoms with van der Waals surface area (Å²) >= 11 is 0. The molecule has 0 saturated carbocycles. The molecule has 0 aliphatic rings. The van der Waals surface area contributed by atoms with Crippen molar-refractivity contribution in [3.8, 4) is 17.9 Å². The molecule has 3 heteroatoms. The van der Waals surface area contributed by atoms with Crippen molar-refractivity contribution in [1.29, 1.82) is 5.26 Å². The molecule has 3 nitrogen and oxygen atoms in total. The highest BCUT2D eigenvalue weighted by Gasteiger charge is 2.00. The number of benzene rings is 1. The molecule has 0 spiro atoms. The number of nitriles is 1. The molecule has 0 heterocycles. The van der Waals surface area contributed by atoms with Gasteiger partial charge in [-0.15, -0.1) is 0 Å². The number of amides is 1. The molecule has 0 bridgehead atoms. The predicted octanol–water partition coefficient (Wildman–Crippen LogP) is 1.74. The summed E-state index contributed by atoms with van der Waals surface area (Å²) in [7, 11) is 0. The van der Waals surface area contributed by atoms with Gasteiger partial charge in [0, 0.05) is 25.5 Å². The summed E-state index contributed by atoms with van der Waals surface area (Å²) in [6.45, 7) is 3.94. The number of hydrogen-bond acceptors (Lipinski definition) is 2. The summed E-state index contributed by atoms with van der Waals surface area (Å²) in [5, 5.41) is 11.6. The van der Waals surface area contributed by atoms with Crippen molar-refractivity contribution in [2.75, 3.05) is 6.54 Å². The summed E-state index contributed by atoms with van der Waals surface area (Å²) in [4.78, 5) is 10.6. The quantitative estimate of drug-likeness (QED) is 0.617. The van der Waals surface area contributed by atoms with Gasteiger partial charge in [-0.05, 0) is 18.6 Å². The van der Waals surface area contributed by atoms with Crippen LogP contribution >= 0.6 is 0 Å². The Bertz CT molecular complexity index is 515. The lowest BCUT2D eigenvalue weighted by molar-refractivity contribution is -0.118. The second-order valence-electron chi connectivity index (χ2n) is 3.64. The van der Waals surface area contributed by atoms with Gasteiger partial charge in [0.25, 0.3) is 0 Å². The second-order valence-corrected chi connectivity index (χ2v) is 3.64. The smallest absolute Gasteiger partial charge is 0.216 e. The van der Waals surface area contributed by atoms with Crippen molar-refractivity contribution in [2.24, 2.45) is 0 Å². The second kappa shape index (κ2) is 6.35. The highest BCUT2D eigenvalue weighted by molar-refractivity contribution is 5.72. The first-order valence-corrected chi connectivity index (χ1v) is 5.38. The maximum Gasteiger partial charge on any atom is 0.216 e. The van der Waals surface area contributed by atoms with Crippen LogP contribution in [0.15, 0.2) is 18.2 Å². The van der Waals surface area contributed by atoms with Crippen LogP contribution in [-0.2, 0) is 4.79 Å². The lowest BCUT2D eigenvalue weighted by Crippen LogP contribution is -2.20. The van der Waals surface area contributed by atoms with Crippen molar-refractivity contribution in [1.82, 2.24) is 5.32 Å². The third-order valence-corrected chi connectivity index (χ3v) is 2.23. The van der Waals surface area contributed by atoms with Gasteiger partial charge in [-0.25, -0.2) is 0 Å². The molecule has 17 heavy (non-hydrogen) atoms. The van der Waals surface area contributed by atoms with Crippen LogP contribution in [-0.4, -0.2) is 12.5 Å². The van der Waals surface area contributed by atoms with Gasteiger partial charge < -0.3 is 5.32 Å². The van der Waals surface area contributed by atoms with Crippen LogP contribution in [0.25, 0.3) is 0 Å². The molecule has 1 rings (SSSR count). The Morgan fingerprint density at radius 3 is 2.88 bits per heavy atom. The topological polar surface area (TPSA) is 52.9 Å². The molecule has 1 N–H and O–H groups in total. The molecule has 0 fully saturated rings. The zero-order valence-electron chi connectivity index (χ0n) is 10.0. The average Bonchev–Trinajstić information content (AvgIpc) is 2.30. The van der Waals surface area contributed by atoms with E-state index in [1.807, 2.05) is 19.1 Å². The molecular formula is C14H14N2O. The molecule has 1 amide bonds. The summed E-state index contributed by atoms with van der Waals surface area (Å²) < 4.78 is 0. The Balaban J connectivity index is 2.72. The van der Waals surface area contributed by atoms with Crippen LogP contribution in [0.3, 0.4) is 0 Å². The molecule has 1 aromatic rings. The summed E-state index contributed by atoms with van der Waals surface area (Å²) in [5.41, 5.74) is 2.37. The third-order valence-electron chi connectivity index (χ3n) is 2.23. The Morgan fingerprint density at radius 2 is 2.24 bits per heavy atom. The number of hydrogen-bond donors (Lipinski definition) is 1. The normalized spacial score (nSPS) is 8.76. The van der Waals surface area contributed by atoms with Crippen LogP contribution in [0.5, 0.6) is 0 Å². The molecule has 0 aliphatic carbocycles. The molecule has 0 saturated heterocycles. The minimum absolute atomic E-state index is 0.0552. The van der Waals surface area contributed by atoms with E-state index in [1.165, 1.54) is 6.92 Å². The van der Waals surface area contributed by atoms with E-state index >= 15 is 0 Å². The lowest BCUT2D eigenvalue weighted by Gasteiger charge is -1.99. The van der Waals surface area contributed by atoms with Gasteiger partial charge in [0.15, 0.2) is 0 Å². The summed E-state index contributed by atoms with van der Waals surface area (Å²) in [5.74, 6) is 5.88. The Kier molecular flexibility index (Phi) is 4.78. The minimum Gasteiger partial charge on any atom is -0.355 e. The van der Waals surface area contributed by atoms with E-state index in [9.17, 15) is 4.79 Å². The van der Waals surface area contributed by atoms with E-state index in [-0.39, 0.29) is 5.91 Å². The largest absolute Gasteiger partial charge is 0.355 e. The monoisotopic (exact) mass is 226 g/mol. The molecule has 0 unspecified atom stereocenters. The van der Waals surface area contributed by atoms with Gasteiger partial charge >= 0.3 is 0 Å². The van der Waals surface area contributed by atoms with Crippen molar-refractivity contribution < 1.29 is 4.79 Å². The molecule has 0 aromatic heterocycles. The third kappa shape index (κ3) is 4.01. The van der Waals surface area contributed by atoms with Crippen LogP contribution in [0.2, 0.25) is 0 Å². The fourth-order valence-corrected chi connectivity index (χ4v) is 1.38. The number of aryl methyl sites for hydroxylation is 1. The van der Waals surface area contributed by atoms with Gasteiger partial charge in [0.2, 0.25) is 5.91 Å². The van der Waals surface area contributed by atoms with E-state index in [0.29, 0.717) is 18.5 Å². The first-order chi connectivity index (χ1) is 8.15. The number of carbonyl (C=O) groups excluding carboxylic acids is 1. The molecule has 0 radical (unpaired) electrons. The number of rotatable bonds is 2. The van der Waals surface area contributed by atoms with E-state index < -0.39 is 0 Å². The van der Waals surface area contributed by atoms with Gasteiger partial charge in [-0.1, -0.05) is 24.0 Å². The van der Waals surface area contributed by atoms with Crippen LogP contribution in [0, 0.1) is 30.1 Å². The average molecular weight is 226 g/mol. The van der Waals surface area contributed by atoms with Gasteiger partial charge in [0.05, 0.1) is 5.56 Å². The number of nitrogens with zero attached hydrogens (tertiary/aromatic N) is 1. The maximum atomic E-state index is 10.6. The molecule has 86 valence electrons. The predicted molar refractivity (Wildman–Crippen MR) is 66.1 cm³/mol. The first kappa shape index (κ1) is 12.8. The van der Waals surface area contributed by atoms with Crippen molar-refractivity contribution in [3.05, 3.63) is 34.9 Å². The zero-order valence-corrected chi connectivity index (χ0v) is 10.0. The standard InChI is InChI=1S/C14H14N2O/c1-11-6-5-7-13(10-15)14(11)8-3-4-9-16-12(2)17/h5-7H,4,9H2,1-2H3,(H,16,17). The maximum absolute atomic E-state index is 10.6. The zero-order chi connectivity index (χ0) is 12.7. The Labute approximate surface area is 101 Å². The highest BCUT2D eigenvalue weighted by Crippen LogP contribution is 2.11. The molecule has 1 aromatic carbocycles. The van der Waals surface area contributed by atoms with E-state index in [2.05, 4.69) is 23.2 Å². The van der Waals surface area contributed by atoms with Crippen LogP contribution < -0.4 is 5.32 Å². The minimum atomic E-state index is -0.0552. The van der Waals surface area contributed by atoms with Gasteiger partial charge in [-0.2, -0.15) is 5.26 Å². The number of carbonyl (C=O) groups is 1. The van der Waals surface area contributed by atoms with E-state index in [1.54, 1.807) is 6.07 Å². The highest BCUT2D eigenvalue weighted by atomic mass is 16.1. The lowest BCUT2D eigenvalue weighted by atomic mass is 10.0. The van der Waals surface area contributed by atoms with Crippen LogP contribution in [0.4, 0.5) is 0 Å². The van der Waals surface area contributed by atoms with Gasteiger partial charge in [-0.3, -0.25) is 4.79 Å². The first-order valence-electron chi connectivity index (χ1n) is 5.38. The Morgan fingerprint density at radius 1 is 1.47 bits per heavy atom. The fraction of sp³-hybridized carbons (Fsp3) is 0.286. The fourth-order valence-electron chi connectivity index (χ4n) is 1.38. The van der Waals surface area contributed by atoms with Gasteiger partial charge in [0.1, 0.15) is 6.07 Å².